The molecule has 0 saturated carbocycles. The van der Waals surface area contributed by atoms with Gasteiger partial charge in [0.05, 0.1) is 11.1 Å². The van der Waals surface area contributed by atoms with Crippen LogP contribution >= 0.6 is 11.3 Å². The molecule has 0 amide bonds. The standard InChI is InChI=1S/C14H9FN2O3S/c15-9-3-1-8(2-4-9)14(19)20-7-11-16-10-5-6-21-12(10)13(18)17-11/h1-6H,7H2,(H,16,17,18). The third kappa shape index (κ3) is 2.82. The van der Waals surface area contributed by atoms with E-state index in [4.69, 9.17) is 4.74 Å². The van der Waals surface area contributed by atoms with Crippen molar-refractivity contribution < 1.29 is 13.9 Å². The first-order valence-electron chi connectivity index (χ1n) is 6.02. The number of benzene rings is 1. The summed E-state index contributed by atoms with van der Waals surface area (Å²) in [5, 5.41) is 1.77. The minimum absolute atomic E-state index is 0.156. The Labute approximate surface area is 122 Å². The van der Waals surface area contributed by atoms with Gasteiger partial charge in [-0.05, 0) is 35.7 Å². The first-order valence-corrected chi connectivity index (χ1v) is 6.90. The van der Waals surface area contributed by atoms with Crippen LogP contribution in [0.4, 0.5) is 4.39 Å². The number of halogens is 1. The Bertz CT molecular complexity index is 855. The van der Waals surface area contributed by atoms with E-state index in [2.05, 4.69) is 9.97 Å². The van der Waals surface area contributed by atoms with E-state index >= 15 is 0 Å². The van der Waals surface area contributed by atoms with Crippen LogP contribution < -0.4 is 5.56 Å². The number of fused-ring (bicyclic) bond motifs is 1. The van der Waals surface area contributed by atoms with Crippen molar-refractivity contribution >= 4 is 27.5 Å². The van der Waals surface area contributed by atoms with Crippen molar-refractivity contribution in [2.75, 3.05) is 0 Å². The fourth-order valence-electron chi connectivity index (χ4n) is 1.79. The molecule has 2 aromatic heterocycles. The Morgan fingerprint density at radius 1 is 1.29 bits per heavy atom. The van der Waals surface area contributed by atoms with Gasteiger partial charge in [-0.15, -0.1) is 11.3 Å². The molecule has 106 valence electrons. The van der Waals surface area contributed by atoms with E-state index in [1.165, 1.54) is 35.6 Å². The predicted octanol–water partition coefficient (Wildman–Crippen LogP) is 2.48. The third-order valence-corrected chi connectivity index (χ3v) is 3.69. The summed E-state index contributed by atoms with van der Waals surface area (Å²) in [5.74, 6) is -0.773. The van der Waals surface area contributed by atoms with Gasteiger partial charge >= 0.3 is 5.97 Å². The van der Waals surface area contributed by atoms with E-state index in [1.54, 1.807) is 11.4 Å². The molecule has 1 aromatic carbocycles. The second kappa shape index (κ2) is 5.45. The van der Waals surface area contributed by atoms with E-state index < -0.39 is 11.8 Å². The summed E-state index contributed by atoms with van der Waals surface area (Å²) >= 11 is 1.30. The van der Waals surface area contributed by atoms with E-state index in [9.17, 15) is 14.0 Å². The van der Waals surface area contributed by atoms with Gasteiger partial charge in [0.1, 0.15) is 22.9 Å². The maximum absolute atomic E-state index is 12.8. The summed E-state index contributed by atoms with van der Waals surface area (Å²) in [5.41, 5.74) is 0.537. The van der Waals surface area contributed by atoms with Gasteiger partial charge in [-0.2, -0.15) is 0 Å². The molecule has 0 aliphatic rings. The Hall–Kier alpha value is -2.54. The van der Waals surface area contributed by atoms with E-state index in [0.29, 0.717) is 10.2 Å². The lowest BCUT2D eigenvalue weighted by atomic mass is 10.2. The molecule has 0 aliphatic heterocycles. The molecule has 3 aromatic rings. The van der Waals surface area contributed by atoms with Crippen molar-refractivity contribution in [3.63, 3.8) is 0 Å². The fraction of sp³-hybridized carbons (Fsp3) is 0.0714. The van der Waals surface area contributed by atoms with Gasteiger partial charge in [-0.3, -0.25) is 4.79 Å². The maximum Gasteiger partial charge on any atom is 0.338 e. The van der Waals surface area contributed by atoms with Crippen LogP contribution in [0.25, 0.3) is 10.2 Å². The summed E-state index contributed by atoms with van der Waals surface area (Å²) in [7, 11) is 0. The second-order valence-corrected chi connectivity index (χ2v) is 5.15. The summed E-state index contributed by atoms with van der Waals surface area (Å²) < 4.78 is 18.3. The van der Waals surface area contributed by atoms with Crippen molar-refractivity contribution in [3.05, 3.63) is 63.3 Å². The molecule has 0 saturated heterocycles. The van der Waals surface area contributed by atoms with Crippen LogP contribution in [0.3, 0.4) is 0 Å². The van der Waals surface area contributed by atoms with Gasteiger partial charge in [-0.25, -0.2) is 14.2 Å². The summed E-state index contributed by atoms with van der Waals surface area (Å²) in [6, 6.07) is 6.73. The van der Waals surface area contributed by atoms with Crippen molar-refractivity contribution in [3.8, 4) is 0 Å². The first kappa shape index (κ1) is 13.4. The predicted molar refractivity (Wildman–Crippen MR) is 75.8 cm³/mol. The molecule has 7 heteroatoms. The number of aromatic amines is 1. The fourth-order valence-corrected chi connectivity index (χ4v) is 2.52. The van der Waals surface area contributed by atoms with Crippen LogP contribution in [-0.2, 0) is 11.3 Å². The number of H-pyrrole nitrogens is 1. The van der Waals surface area contributed by atoms with Crippen LogP contribution in [0.2, 0.25) is 0 Å². The molecule has 0 aliphatic carbocycles. The number of hydrogen-bond acceptors (Lipinski definition) is 5. The average Bonchev–Trinajstić information content (AvgIpc) is 2.94. The van der Waals surface area contributed by atoms with E-state index in [1.807, 2.05) is 0 Å². The number of nitrogens with one attached hydrogen (secondary N) is 1. The topological polar surface area (TPSA) is 72.0 Å². The second-order valence-electron chi connectivity index (χ2n) is 4.23. The molecule has 0 atom stereocenters. The van der Waals surface area contributed by atoms with Crippen molar-refractivity contribution in [2.45, 2.75) is 6.61 Å². The van der Waals surface area contributed by atoms with Gasteiger partial charge in [0, 0.05) is 0 Å². The Morgan fingerprint density at radius 2 is 2.05 bits per heavy atom. The molecule has 1 N–H and O–H groups in total. The highest BCUT2D eigenvalue weighted by molar-refractivity contribution is 7.17. The number of hydrogen-bond donors (Lipinski definition) is 1. The highest BCUT2D eigenvalue weighted by Gasteiger charge is 2.10. The molecule has 0 radical (unpaired) electrons. The largest absolute Gasteiger partial charge is 0.454 e. The summed E-state index contributed by atoms with van der Waals surface area (Å²) in [6.07, 6.45) is 0. The Morgan fingerprint density at radius 3 is 2.81 bits per heavy atom. The molecular formula is C14H9FN2O3S. The Balaban J connectivity index is 1.75. The van der Waals surface area contributed by atoms with Crippen LogP contribution in [-0.4, -0.2) is 15.9 Å². The number of esters is 1. The van der Waals surface area contributed by atoms with Crippen molar-refractivity contribution in [1.82, 2.24) is 9.97 Å². The molecular weight excluding hydrogens is 295 g/mol. The maximum atomic E-state index is 12.8. The van der Waals surface area contributed by atoms with E-state index in [-0.39, 0.29) is 23.6 Å². The average molecular weight is 304 g/mol. The first-order chi connectivity index (χ1) is 10.1. The summed E-state index contributed by atoms with van der Waals surface area (Å²) in [6.45, 7) is -0.156. The zero-order valence-electron chi connectivity index (χ0n) is 10.6. The smallest absolute Gasteiger partial charge is 0.338 e. The summed E-state index contributed by atoms with van der Waals surface area (Å²) in [4.78, 5) is 30.3. The van der Waals surface area contributed by atoms with Crippen LogP contribution in [0.15, 0.2) is 40.5 Å². The van der Waals surface area contributed by atoms with Crippen LogP contribution in [0.5, 0.6) is 0 Å². The minimum Gasteiger partial charge on any atom is -0.454 e. The SMILES string of the molecule is O=C(OCc1nc2ccsc2c(=O)[nH]1)c1ccc(F)cc1. The molecule has 0 unspecified atom stereocenters. The highest BCUT2D eigenvalue weighted by Crippen LogP contribution is 2.14. The Kier molecular flexibility index (Phi) is 3.49. The van der Waals surface area contributed by atoms with Crippen molar-refractivity contribution in [2.24, 2.45) is 0 Å². The molecule has 0 fully saturated rings. The zero-order valence-corrected chi connectivity index (χ0v) is 11.4. The van der Waals surface area contributed by atoms with Crippen LogP contribution in [0, 0.1) is 5.82 Å². The van der Waals surface area contributed by atoms with Gasteiger partial charge in [0.2, 0.25) is 0 Å². The molecule has 2 heterocycles. The monoisotopic (exact) mass is 304 g/mol. The van der Waals surface area contributed by atoms with Gasteiger partial charge in [0.15, 0.2) is 0 Å². The number of rotatable bonds is 3. The number of carbonyl (C=O) groups is 1. The molecule has 21 heavy (non-hydrogen) atoms. The lowest BCUT2D eigenvalue weighted by Crippen LogP contribution is -2.13. The van der Waals surface area contributed by atoms with Gasteiger partial charge in [-0.1, -0.05) is 0 Å². The van der Waals surface area contributed by atoms with Gasteiger partial charge in [0.25, 0.3) is 5.56 Å². The zero-order chi connectivity index (χ0) is 14.8. The highest BCUT2D eigenvalue weighted by atomic mass is 32.1. The number of thiophene rings is 1. The van der Waals surface area contributed by atoms with E-state index in [0.717, 1.165) is 0 Å². The van der Waals surface area contributed by atoms with Crippen molar-refractivity contribution in [1.29, 1.82) is 0 Å². The lowest BCUT2D eigenvalue weighted by Gasteiger charge is -2.04. The van der Waals surface area contributed by atoms with Gasteiger partial charge < -0.3 is 9.72 Å². The number of carbonyl (C=O) groups excluding carboxylic acids is 1. The normalized spacial score (nSPS) is 10.7. The molecule has 0 spiro atoms. The minimum atomic E-state index is -0.608. The molecule has 5 nitrogen and oxygen atoms in total. The number of aromatic nitrogens is 2. The van der Waals surface area contributed by atoms with Crippen LogP contribution in [0.1, 0.15) is 16.2 Å². The quantitative estimate of drug-likeness (QED) is 0.755. The lowest BCUT2D eigenvalue weighted by molar-refractivity contribution is 0.0462. The number of ether oxygens (including phenoxy) is 1. The number of nitrogens with zero attached hydrogens (tertiary/aromatic N) is 1. The molecule has 0 bridgehead atoms. The third-order valence-electron chi connectivity index (χ3n) is 2.78. The molecule has 3 rings (SSSR count).